The molecule has 138 valence electrons. The third-order valence-electron chi connectivity index (χ3n) is 4.84. The number of hydrogen-bond donors (Lipinski definition) is 0. The molecule has 6 nitrogen and oxygen atoms in total. The van der Waals surface area contributed by atoms with E-state index in [0.29, 0.717) is 15.7 Å². The van der Waals surface area contributed by atoms with Gasteiger partial charge in [0.1, 0.15) is 4.88 Å². The topological polar surface area (TPSA) is 62.2 Å². The number of benzene rings is 1. The van der Waals surface area contributed by atoms with E-state index in [0.717, 1.165) is 30.0 Å². The van der Waals surface area contributed by atoms with E-state index >= 15 is 0 Å². The first kappa shape index (κ1) is 17.6. The molecular formula is C20H21N5OS. The van der Waals surface area contributed by atoms with Crippen molar-refractivity contribution in [3.05, 3.63) is 53.3 Å². The maximum absolute atomic E-state index is 13.5. The van der Waals surface area contributed by atoms with Gasteiger partial charge in [-0.3, -0.25) is 4.79 Å². The van der Waals surface area contributed by atoms with Crippen molar-refractivity contribution in [3.63, 3.8) is 0 Å². The molecule has 1 aliphatic heterocycles. The first-order valence-electron chi connectivity index (χ1n) is 8.95. The van der Waals surface area contributed by atoms with Crippen molar-refractivity contribution in [2.45, 2.75) is 26.3 Å². The van der Waals surface area contributed by atoms with E-state index in [1.54, 1.807) is 18.5 Å². The van der Waals surface area contributed by atoms with Gasteiger partial charge in [0.25, 0.3) is 5.91 Å². The summed E-state index contributed by atoms with van der Waals surface area (Å²) in [5.74, 6) is 0.538. The normalized spacial score (nSPS) is 16.8. The lowest BCUT2D eigenvalue weighted by molar-refractivity contribution is 0.0981. The van der Waals surface area contributed by atoms with Gasteiger partial charge in [-0.05, 0) is 38.5 Å². The minimum atomic E-state index is -0.0116. The number of amides is 1. The molecule has 0 N–H and O–H groups in total. The molecule has 4 rings (SSSR count). The van der Waals surface area contributed by atoms with Gasteiger partial charge in [-0.15, -0.1) is 11.3 Å². The zero-order valence-electron chi connectivity index (χ0n) is 15.6. The lowest BCUT2D eigenvalue weighted by atomic mass is 10.1. The van der Waals surface area contributed by atoms with Crippen LogP contribution in [0.2, 0.25) is 0 Å². The number of para-hydroxylation sites is 2. The quantitative estimate of drug-likeness (QED) is 0.678. The molecule has 2 aromatic heterocycles. The predicted octanol–water partition coefficient (Wildman–Crippen LogP) is 3.78. The Balaban J connectivity index is 1.76. The highest BCUT2D eigenvalue weighted by atomic mass is 32.1. The maximum atomic E-state index is 13.5. The highest BCUT2D eigenvalue weighted by molar-refractivity contribution is 7.17. The fourth-order valence-electron chi connectivity index (χ4n) is 3.38. The molecule has 0 saturated heterocycles. The largest absolute Gasteiger partial charge is 0.373 e. The Morgan fingerprint density at radius 2 is 1.85 bits per heavy atom. The monoisotopic (exact) mass is 379 g/mol. The Morgan fingerprint density at radius 1 is 1.15 bits per heavy atom. The predicted molar refractivity (Wildman–Crippen MR) is 108 cm³/mol. The van der Waals surface area contributed by atoms with Gasteiger partial charge in [-0.1, -0.05) is 12.1 Å². The van der Waals surface area contributed by atoms with Gasteiger partial charge in [0.2, 0.25) is 0 Å². The van der Waals surface area contributed by atoms with Crippen molar-refractivity contribution < 1.29 is 4.79 Å². The van der Waals surface area contributed by atoms with Crippen LogP contribution in [0, 0.1) is 6.92 Å². The van der Waals surface area contributed by atoms with Gasteiger partial charge in [-0.25, -0.2) is 15.0 Å². The van der Waals surface area contributed by atoms with E-state index in [1.807, 2.05) is 30.0 Å². The minimum Gasteiger partial charge on any atom is -0.373 e. The average Bonchev–Trinajstić information content (AvgIpc) is 3.03. The number of nitrogens with zero attached hydrogens (tertiary/aromatic N) is 5. The molecule has 0 radical (unpaired) electrons. The Hall–Kier alpha value is -2.80. The maximum Gasteiger partial charge on any atom is 0.270 e. The lowest BCUT2D eigenvalue weighted by Gasteiger charge is -2.28. The van der Waals surface area contributed by atoms with Gasteiger partial charge in [0.15, 0.2) is 10.8 Å². The molecule has 3 heterocycles. The van der Waals surface area contributed by atoms with Crippen molar-refractivity contribution in [2.24, 2.45) is 0 Å². The van der Waals surface area contributed by atoms with Crippen LogP contribution in [-0.4, -0.2) is 40.5 Å². The number of carbonyl (C=O) groups is 1. The zero-order chi connectivity index (χ0) is 19.0. The summed E-state index contributed by atoms with van der Waals surface area (Å²) in [7, 11) is 2.07. The zero-order valence-corrected chi connectivity index (χ0v) is 16.4. The molecule has 0 bridgehead atoms. The number of fused-ring (bicyclic) bond motifs is 1. The SMILES string of the molecule is Cc1nc(-c2ncccn2)sc1C(=O)N1c2ccccc2N(C)CC[C@H]1C. The number of aromatic nitrogens is 3. The van der Waals surface area contributed by atoms with Crippen LogP contribution in [0.15, 0.2) is 42.7 Å². The van der Waals surface area contributed by atoms with Crippen LogP contribution in [0.1, 0.15) is 28.7 Å². The molecule has 0 aliphatic carbocycles. The minimum absolute atomic E-state index is 0.0116. The van der Waals surface area contributed by atoms with Crippen molar-refractivity contribution in [2.75, 3.05) is 23.4 Å². The summed E-state index contributed by atoms with van der Waals surface area (Å²) in [5.41, 5.74) is 2.74. The molecular weight excluding hydrogens is 358 g/mol. The van der Waals surface area contributed by atoms with Crippen LogP contribution < -0.4 is 9.80 Å². The Labute approximate surface area is 162 Å². The second-order valence-corrected chi connectivity index (χ2v) is 7.73. The van der Waals surface area contributed by atoms with Crippen molar-refractivity contribution in [3.8, 4) is 10.8 Å². The second kappa shape index (κ2) is 7.08. The van der Waals surface area contributed by atoms with Gasteiger partial charge in [0, 0.05) is 32.0 Å². The highest BCUT2D eigenvalue weighted by Gasteiger charge is 2.31. The van der Waals surface area contributed by atoms with Crippen LogP contribution in [0.25, 0.3) is 10.8 Å². The van der Waals surface area contributed by atoms with Crippen molar-refractivity contribution in [1.82, 2.24) is 15.0 Å². The van der Waals surface area contributed by atoms with E-state index < -0.39 is 0 Å². The summed E-state index contributed by atoms with van der Waals surface area (Å²) in [5, 5.41) is 0.671. The standard InChI is InChI=1S/C20H21N5OS/c1-13-9-12-24(3)15-7-4-5-8-16(15)25(13)20(26)17-14(2)23-19(27-17)18-21-10-6-11-22-18/h4-8,10-11,13H,9,12H2,1-3H3/t13-/m1/s1. The van der Waals surface area contributed by atoms with Crippen LogP contribution in [0.5, 0.6) is 0 Å². The van der Waals surface area contributed by atoms with Gasteiger partial charge in [-0.2, -0.15) is 0 Å². The molecule has 27 heavy (non-hydrogen) atoms. The van der Waals surface area contributed by atoms with E-state index in [1.165, 1.54) is 11.3 Å². The number of aryl methyl sites for hydroxylation is 1. The van der Waals surface area contributed by atoms with Crippen LogP contribution in [-0.2, 0) is 0 Å². The van der Waals surface area contributed by atoms with E-state index in [9.17, 15) is 4.79 Å². The summed E-state index contributed by atoms with van der Waals surface area (Å²) in [6.45, 7) is 4.88. The summed E-state index contributed by atoms with van der Waals surface area (Å²) < 4.78 is 0. The molecule has 1 aromatic carbocycles. The number of hydrogen-bond acceptors (Lipinski definition) is 6. The van der Waals surface area contributed by atoms with E-state index in [2.05, 4.69) is 39.9 Å². The number of anilines is 2. The Kier molecular flexibility index (Phi) is 4.61. The number of thiazole rings is 1. The molecule has 7 heteroatoms. The second-order valence-electron chi connectivity index (χ2n) is 6.73. The van der Waals surface area contributed by atoms with E-state index in [4.69, 9.17) is 0 Å². The summed E-state index contributed by atoms with van der Waals surface area (Å²) in [6.07, 6.45) is 4.27. The fraction of sp³-hybridized carbons (Fsp3) is 0.300. The molecule has 1 amide bonds. The number of carbonyl (C=O) groups excluding carboxylic acids is 1. The van der Waals surface area contributed by atoms with Crippen molar-refractivity contribution in [1.29, 1.82) is 0 Å². The summed E-state index contributed by atoms with van der Waals surface area (Å²) >= 11 is 1.36. The van der Waals surface area contributed by atoms with Crippen LogP contribution in [0.4, 0.5) is 11.4 Å². The molecule has 0 unspecified atom stereocenters. The van der Waals surface area contributed by atoms with Crippen molar-refractivity contribution >= 4 is 28.6 Å². The number of rotatable bonds is 2. The third-order valence-corrected chi connectivity index (χ3v) is 5.98. The third kappa shape index (κ3) is 3.19. The molecule has 0 fully saturated rings. The Morgan fingerprint density at radius 3 is 2.59 bits per heavy atom. The summed E-state index contributed by atoms with van der Waals surface area (Å²) in [6, 6.07) is 9.94. The molecule has 0 saturated carbocycles. The summed E-state index contributed by atoms with van der Waals surface area (Å²) in [4.78, 5) is 31.4. The lowest BCUT2D eigenvalue weighted by Crippen LogP contribution is -2.38. The fourth-order valence-corrected chi connectivity index (χ4v) is 4.33. The molecule has 0 spiro atoms. The smallest absolute Gasteiger partial charge is 0.270 e. The molecule has 1 aliphatic rings. The van der Waals surface area contributed by atoms with Gasteiger partial charge < -0.3 is 9.80 Å². The first-order valence-corrected chi connectivity index (χ1v) is 9.76. The highest BCUT2D eigenvalue weighted by Crippen LogP contribution is 2.36. The first-order chi connectivity index (χ1) is 13.1. The van der Waals surface area contributed by atoms with E-state index in [-0.39, 0.29) is 11.9 Å². The molecule has 3 aromatic rings. The average molecular weight is 379 g/mol. The van der Waals surface area contributed by atoms with Crippen LogP contribution >= 0.6 is 11.3 Å². The van der Waals surface area contributed by atoms with Crippen LogP contribution in [0.3, 0.4) is 0 Å². The van der Waals surface area contributed by atoms with Gasteiger partial charge in [0.05, 0.1) is 17.1 Å². The Bertz CT molecular complexity index is 972. The van der Waals surface area contributed by atoms with Gasteiger partial charge >= 0.3 is 0 Å². The molecule has 1 atom stereocenters.